The molecule has 0 amide bonds. The van der Waals surface area contributed by atoms with Crippen LogP contribution in [-0.4, -0.2) is 48.3 Å². The van der Waals surface area contributed by atoms with Crippen LogP contribution in [0, 0.1) is 12.8 Å². The molecule has 1 aromatic heterocycles. The zero-order chi connectivity index (χ0) is 18.0. The number of ether oxygens (including phenoxy) is 2. The molecule has 1 aromatic carbocycles. The average molecular weight is 346 g/mol. The lowest BCUT2D eigenvalue weighted by molar-refractivity contribution is -0.141. The Morgan fingerprint density at radius 1 is 1.36 bits per heavy atom. The van der Waals surface area contributed by atoms with Gasteiger partial charge in [-0.05, 0) is 6.07 Å². The molecule has 1 fully saturated rings. The molecule has 7 heteroatoms. The van der Waals surface area contributed by atoms with E-state index in [1.54, 1.807) is 27.4 Å². The van der Waals surface area contributed by atoms with Gasteiger partial charge in [-0.25, -0.2) is 4.98 Å². The Bertz CT molecular complexity index is 758. The van der Waals surface area contributed by atoms with Crippen molar-refractivity contribution in [3.05, 3.63) is 41.6 Å². The summed E-state index contributed by atoms with van der Waals surface area (Å²) in [6.45, 7) is 3.40. The lowest BCUT2D eigenvalue weighted by Gasteiger charge is -2.20. The summed E-state index contributed by atoms with van der Waals surface area (Å²) >= 11 is 0. The predicted molar refractivity (Wildman–Crippen MR) is 89.9 cm³/mol. The van der Waals surface area contributed by atoms with Gasteiger partial charge in [-0.1, -0.05) is 12.1 Å². The summed E-state index contributed by atoms with van der Waals surface area (Å²) in [5.41, 5.74) is 1.66. The second-order valence-corrected chi connectivity index (χ2v) is 6.19. The summed E-state index contributed by atoms with van der Waals surface area (Å²) < 4.78 is 16.1. The molecule has 0 aliphatic carbocycles. The van der Waals surface area contributed by atoms with E-state index in [-0.39, 0.29) is 5.92 Å². The van der Waals surface area contributed by atoms with E-state index in [0.29, 0.717) is 37.0 Å². The molecule has 0 bridgehead atoms. The second-order valence-electron chi connectivity index (χ2n) is 6.19. The first-order chi connectivity index (χ1) is 12.0. The number of methoxy groups -OCH3 is 2. The van der Waals surface area contributed by atoms with Crippen molar-refractivity contribution in [3.8, 4) is 11.5 Å². The number of para-hydroxylation sites is 1. The van der Waals surface area contributed by atoms with Gasteiger partial charge < -0.3 is 19.0 Å². The largest absolute Gasteiger partial charge is 0.493 e. The van der Waals surface area contributed by atoms with E-state index < -0.39 is 11.9 Å². The number of benzene rings is 1. The Hall–Kier alpha value is -2.54. The predicted octanol–water partition coefficient (Wildman–Crippen LogP) is 2.30. The van der Waals surface area contributed by atoms with Crippen molar-refractivity contribution < 1.29 is 23.8 Å². The normalized spacial score (nSPS) is 20.6. The number of nitrogens with zero attached hydrogens (tertiary/aromatic N) is 2. The Balaban J connectivity index is 1.88. The first-order valence-corrected chi connectivity index (χ1v) is 8.10. The highest BCUT2D eigenvalue weighted by atomic mass is 16.5. The maximum atomic E-state index is 11.8. The number of hydrogen-bond donors (Lipinski definition) is 1. The van der Waals surface area contributed by atoms with Crippen LogP contribution in [0.3, 0.4) is 0 Å². The van der Waals surface area contributed by atoms with Gasteiger partial charge in [0.2, 0.25) is 0 Å². The maximum absolute atomic E-state index is 11.8. The van der Waals surface area contributed by atoms with Crippen molar-refractivity contribution in [1.29, 1.82) is 0 Å². The summed E-state index contributed by atoms with van der Waals surface area (Å²) in [5, 5.41) is 9.69. The smallest absolute Gasteiger partial charge is 0.308 e. The number of rotatable bonds is 6. The molecule has 2 atom stereocenters. The van der Waals surface area contributed by atoms with E-state index in [0.717, 1.165) is 11.3 Å². The molecular weight excluding hydrogens is 324 g/mol. The third kappa shape index (κ3) is 3.46. The van der Waals surface area contributed by atoms with Crippen LogP contribution in [0.15, 0.2) is 28.9 Å². The van der Waals surface area contributed by atoms with E-state index in [4.69, 9.17) is 13.9 Å². The molecule has 2 heterocycles. The number of hydrogen-bond acceptors (Lipinski definition) is 6. The van der Waals surface area contributed by atoms with Crippen molar-refractivity contribution in [2.45, 2.75) is 19.4 Å². The van der Waals surface area contributed by atoms with Crippen LogP contribution in [-0.2, 0) is 11.3 Å². The van der Waals surface area contributed by atoms with Crippen molar-refractivity contribution in [2.24, 2.45) is 5.92 Å². The number of carboxylic acid groups (broad SMARTS) is 1. The number of carbonyl (C=O) groups is 1. The fourth-order valence-corrected chi connectivity index (χ4v) is 3.49. The molecule has 1 saturated heterocycles. The zero-order valence-electron chi connectivity index (χ0n) is 14.6. The van der Waals surface area contributed by atoms with Gasteiger partial charge in [0.15, 0.2) is 17.4 Å². The Labute approximate surface area is 146 Å². The van der Waals surface area contributed by atoms with E-state index in [1.165, 1.54) is 0 Å². The number of aryl methyl sites for hydroxylation is 1. The fraction of sp³-hybridized carbons (Fsp3) is 0.444. The van der Waals surface area contributed by atoms with E-state index >= 15 is 0 Å². The molecule has 0 saturated carbocycles. The van der Waals surface area contributed by atoms with Crippen molar-refractivity contribution in [1.82, 2.24) is 9.88 Å². The van der Waals surface area contributed by atoms with Crippen molar-refractivity contribution in [2.75, 3.05) is 27.3 Å². The SMILES string of the molecule is COc1cccc([C@@H]2CN(Cc3coc(C)n3)C[C@H]2C(=O)O)c1OC. The molecule has 0 unspecified atom stereocenters. The minimum atomic E-state index is -0.811. The Morgan fingerprint density at radius 3 is 2.76 bits per heavy atom. The van der Waals surface area contributed by atoms with Gasteiger partial charge >= 0.3 is 5.97 Å². The molecule has 3 rings (SSSR count). The molecule has 25 heavy (non-hydrogen) atoms. The first kappa shape index (κ1) is 17.3. The Kier molecular flexibility index (Phi) is 4.94. The van der Waals surface area contributed by atoms with Gasteiger partial charge in [0.05, 0.1) is 25.8 Å². The minimum Gasteiger partial charge on any atom is -0.493 e. The number of aromatic nitrogens is 1. The summed E-state index contributed by atoms with van der Waals surface area (Å²) in [6, 6.07) is 5.58. The quantitative estimate of drug-likeness (QED) is 0.859. The highest BCUT2D eigenvalue weighted by molar-refractivity contribution is 5.73. The maximum Gasteiger partial charge on any atom is 0.308 e. The van der Waals surface area contributed by atoms with Crippen molar-refractivity contribution >= 4 is 5.97 Å². The second kappa shape index (κ2) is 7.14. The third-order valence-corrected chi connectivity index (χ3v) is 4.60. The lowest BCUT2D eigenvalue weighted by Crippen LogP contribution is -2.23. The van der Waals surface area contributed by atoms with Crippen LogP contribution < -0.4 is 9.47 Å². The molecule has 1 aliphatic rings. The zero-order valence-corrected chi connectivity index (χ0v) is 14.6. The summed E-state index contributed by atoms with van der Waals surface area (Å²) in [5.74, 6) is 0.295. The fourth-order valence-electron chi connectivity index (χ4n) is 3.49. The minimum absolute atomic E-state index is 0.185. The van der Waals surface area contributed by atoms with E-state index in [2.05, 4.69) is 9.88 Å². The van der Waals surface area contributed by atoms with E-state index in [9.17, 15) is 9.90 Å². The van der Waals surface area contributed by atoms with Gasteiger partial charge in [0, 0.05) is 38.0 Å². The van der Waals surface area contributed by atoms with Gasteiger partial charge in [-0.2, -0.15) is 0 Å². The highest BCUT2D eigenvalue weighted by Crippen LogP contribution is 2.42. The standard InChI is InChI=1S/C18H22N2O5/c1-11-19-12(10-25-11)7-20-8-14(15(9-20)18(21)22)13-5-4-6-16(23-2)17(13)24-3/h4-6,10,14-15H,7-9H2,1-3H3,(H,21,22)/t14-,15+/m0/s1. The summed E-state index contributed by atoms with van der Waals surface area (Å²) in [4.78, 5) is 18.2. The van der Waals surface area contributed by atoms with Crippen LogP contribution in [0.2, 0.25) is 0 Å². The van der Waals surface area contributed by atoms with Crippen LogP contribution >= 0.6 is 0 Å². The number of aliphatic carboxylic acids is 1. The van der Waals surface area contributed by atoms with Crippen molar-refractivity contribution in [3.63, 3.8) is 0 Å². The van der Waals surface area contributed by atoms with Crippen LogP contribution in [0.1, 0.15) is 23.1 Å². The summed E-state index contributed by atoms with van der Waals surface area (Å²) in [7, 11) is 3.15. The monoisotopic (exact) mass is 346 g/mol. The molecule has 2 aromatic rings. The lowest BCUT2D eigenvalue weighted by atomic mass is 9.88. The molecular formula is C18H22N2O5. The average Bonchev–Trinajstić information content (AvgIpc) is 3.20. The van der Waals surface area contributed by atoms with Gasteiger partial charge in [-0.3, -0.25) is 9.69 Å². The van der Waals surface area contributed by atoms with Crippen LogP contribution in [0.5, 0.6) is 11.5 Å². The molecule has 0 radical (unpaired) electrons. The number of carboxylic acids is 1. The Morgan fingerprint density at radius 2 is 2.16 bits per heavy atom. The van der Waals surface area contributed by atoms with Gasteiger partial charge in [0.1, 0.15) is 6.26 Å². The van der Waals surface area contributed by atoms with Crippen LogP contribution in [0.4, 0.5) is 0 Å². The molecule has 134 valence electrons. The third-order valence-electron chi connectivity index (χ3n) is 4.60. The molecule has 0 spiro atoms. The van der Waals surface area contributed by atoms with Gasteiger partial charge in [0.25, 0.3) is 0 Å². The van der Waals surface area contributed by atoms with Gasteiger partial charge in [-0.15, -0.1) is 0 Å². The van der Waals surface area contributed by atoms with E-state index in [1.807, 2.05) is 18.2 Å². The summed E-state index contributed by atoms with van der Waals surface area (Å²) in [6.07, 6.45) is 1.62. The topological polar surface area (TPSA) is 85.0 Å². The highest BCUT2D eigenvalue weighted by Gasteiger charge is 2.40. The molecule has 7 nitrogen and oxygen atoms in total. The molecule has 1 N–H and O–H groups in total. The number of likely N-dealkylation sites (tertiary alicyclic amines) is 1. The van der Waals surface area contributed by atoms with Crippen LogP contribution in [0.25, 0.3) is 0 Å². The first-order valence-electron chi connectivity index (χ1n) is 8.10. The number of oxazole rings is 1. The molecule has 1 aliphatic heterocycles.